The molecule has 0 saturated carbocycles. The number of furan rings is 1. The summed E-state index contributed by atoms with van der Waals surface area (Å²) in [6, 6.07) is 31.2. The van der Waals surface area contributed by atoms with Crippen molar-refractivity contribution in [2.75, 3.05) is 24.3 Å². The lowest BCUT2D eigenvalue weighted by Gasteiger charge is -2.18. The van der Waals surface area contributed by atoms with Crippen LogP contribution >= 0.6 is 0 Å². The molecule has 0 fully saturated rings. The molecule has 3 aromatic carbocycles. The SMILES string of the molecule is CN(C)c1ccc(CNc2nc(-c3ccco3)nn2C(=O)C(c2ccccc2)c2ccccc2)cc1. The summed E-state index contributed by atoms with van der Waals surface area (Å²) in [5.74, 6) is 0.455. The van der Waals surface area contributed by atoms with Gasteiger partial charge in [0, 0.05) is 26.3 Å². The number of anilines is 2. The highest BCUT2D eigenvalue weighted by atomic mass is 16.3. The van der Waals surface area contributed by atoms with Crippen molar-refractivity contribution in [2.24, 2.45) is 0 Å². The van der Waals surface area contributed by atoms with Crippen molar-refractivity contribution in [3.8, 4) is 11.6 Å². The summed E-state index contributed by atoms with van der Waals surface area (Å²) in [6.45, 7) is 0.485. The van der Waals surface area contributed by atoms with Crippen LogP contribution in [0.15, 0.2) is 108 Å². The van der Waals surface area contributed by atoms with Gasteiger partial charge in [-0.15, -0.1) is 5.10 Å². The van der Waals surface area contributed by atoms with Crippen LogP contribution in [0.5, 0.6) is 0 Å². The lowest BCUT2D eigenvalue weighted by Crippen LogP contribution is -2.24. The van der Waals surface area contributed by atoms with Gasteiger partial charge in [0.15, 0.2) is 5.76 Å². The Kier molecular flexibility index (Phi) is 6.62. The van der Waals surface area contributed by atoms with Crippen LogP contribution in [0, 0.1) is 0 Å². The minimum atomic E-state index is -0.543. The van der Waals surface area contributed by atoms with Gasteiger partial charge in [-0.3, -0.25) is 4.79 Å². The zero-order valence-electron chi connectivity index (χ0n) is 20.2. The number of benzene rings is 3. The highest BCUT2D eigenvalue weighted by molar-refractivity contribution is 5.90. The Bertz CT molecular complexity index is 1370. The molecule has 1 N–H and O–H groups in total. The van der Waals surface area contributed by atoms with Gasteiger partial charge >= 0.3 is 0 Å². The van der Waals surface area contributed by atoms with Crippen LogP contribution < -0.4 is 10.2 Å². The lowest BCUT2D eigenvalue weighted by atomic mass is 9.90. The summed E-state index contributed by atoms with van der Waals surface area (Å²) in [7, 11) is 4.01. The number of hydrogen-bond donors (Lipinski definition) is 1. The molecule has 5 rings (SSSR count). The zero-order valence-corrected chi connectivity index (χ0v) is 20.2. The summed E-state index contributed by atoms with van der Waals surface area (Å²) in [5.41, 5.74) is 3.94. The van der Waals surface area contributed by atoms with E-state index < -0.39 is 5.92 Å². The molecule has 36 heavy (non-hydrogen) atoms. The van der Waals surface area contributed by atoms with Gasteiger partial charge in [-0.05, 0) is 41.0 Å². The predicted octanol–water partition coefficient (Wildman–Crippen LogP) is 5.69. The molecule has 0 aliphatic heterocycles. The second-order valence-electron chi connectivity index (χ2n) is 8.66. The maximum Gasteiger partial charge on any atom is 0.262 e. The number of carbonyl (C=O) groups is 1. The monoisotopic (exact) mass is 477 g/mol. The number of nitrogens with zero attached hydrogens (tertiary/aromatic N) is 4. The van der Waals surface area contributed by atoms with E-state index in [0.29, 0.717) is 24.1 Å². The minimum absolute atomic E-state index is 0.205. The number of nitrogens with one attached hydrogen (secondary N) is 1. The van der Waals surface area contributed by atoms with E-state index in [9.17, 15) is 4.79 Å². The van der Waals surface area contributed by atoms with Gasteiger partial charge in [0.2, 0.25) is 11.8 Å². The first-order valence-electron chi connectivity index (χ1n) is 11.8. The van der Waals surface area contributed by atoms with E-state index in [1.807, 2.05) is 74.8 Å². The highest BCUT2D eigenvalue weighted by Gasteiger charge is 2.28. The average molecular weight is 478 g/mol. The first-order valence-corrected chi connectivity index (χ1v) is 11.8. The molecule has 5 aromatic rings. The Morgan fingerprint density at radius 3 is 2.08 bits per heavy atom. The fourth-order valence-electron chi connectivity index (χ4n) is 4.07. The Morgan fingerprint density at radius 2 is 1.53 bits per heavy atom. The highest BCUT2D eigenvalue weighted by Crippen LogP contribution is 2.28. The van der Waals surface area contributed by atoms with E-state index >= 15 is 0 Å². The molecule has 0 aliphatic carbocycles. The van der Waals surface area contributed by atoms with E-state index in [2.05, 4.69) is 44.6 Å². The van der Waals surface area contributed by atoms with Crippen molar-refractivity contribution >= 4 is 17.5 Å². The van der Waals surface area contributed by atoms with Crippen LogP contribution in [0.2, 0.25) is 0 Å². The van der Waals surface area contributed by atoms with Gasteiger partial charge < -0.3 is 14.6 Å². The third-order valence-corrected chi connectivity index (χ3v) is 5.97. The van der Waals surface area contributed by atoms with E-state index in [1.54, 1.807) is 18.4 Å². The Morgan fingerprint density at radius 1 is 0.889 bits per heavy atom. The van der Waals surface area contributed by atoms with Crippen molar-refractivity contribution in [3.05, 3.63) is 120 Å². The number of hydrogen-bond acceptors (Lipinski definition) is 6. The summed E-state index contributed by atoms with van der Waals surface area (Å²) in [6.07, 6.45) is 1.56. The molecule has 2 aromatic heterocycles. The molecule has 0 unspecified atom stereocenters. The molecule has 0 aliphatic rings. The van der Waals surface area contributed by atoms with Crippen molar-refractivity contribution in [2.45, 2.75) is 12.5 Å². The fourth-order valence-corrected chi connectivity index (χ4v) is 4.07. The van der Waals surface area contributed by atoms with Gasteiger partial charge in [-0.1, -0.05) is 72.8 Å². The smallest absolute Gasteiger partial charge is 0.262 e. The third-order valence-electron chi connectivity index (χ3n) is 5.97. The number of rotatable bonds is 8. The molecule has 7 nitrogen and oxygen atoms in total. The molecule has 0 saturated heterocycles. The van der Waals surface area contributed by atoms with Crippen LogP contribution in [0.3, 0.4) is 0 Å². The summed E-state index contributed by atoms with van der Waals surface area (Å²) in [4.78, 5) is 20.7. The standard InChI is InChI=1S/C29H27N5O2/c1-33(2)24-17-15-21(16-18-24)20-30-29-31-27(25-14-9-19-36-25)32-34(29)28(35)26(22-10-5-3-6-11-22)23-12-7-4-8-13-23/h3-19,26H,20H2,1-2H3,(H,30,31,32). The summed E-state index contributed by atoms with van der Waals surface area (Å²) < 4.78 is 6.87. The maximum absolute atomic E-state index is 14.1. The van der Waals surface area contributed by atoms with Crippen molar-refractivity contribution in [1.82, 2.24) is 14.8 Å². The maximum atomic E-state index is 14.1. The molecule has 0 spiro atoms. The van der Waals surface area contributed by atoms with Crippen LogP contribution in [0.4, 0.5) is 11.6 Å². The van der Waals surface area contributed by atoms with Crippen molar-refractivity contribution in [1.29, 1.82) is 0 Å². The quantitative estimate of drug-likeness (QED) is 0.309. The molecule has 180 valence electrons. The minimum Gasteiger partial charge on any atom is -0.461 e. The molecule has 2 heterocycles. The molecule has 7 heteroatoms. The largest absolute Gasteiger partial charge is 0.461 e. The van der Waals surface area contributed by atoms with Gasteiger partial charge in [0.05, 0.1) is 12.2 Å². The molecule has 0 radical (unpaired) electrons. The second-order valence-corrected chi connectivity index (χ2v) is 8.66. The van der Waals surface area contributed by atoms with E-state index in [1.165, 1.54) is 4.68 Å². The fraction of sp³-hybridized carbons (Fsp3) is 0.138. The molecule has 0 bridgehead atoms. The van der Waals surface area contributed by atoms with Gasteiger partial charge in [-0.25, -0.2) is 0 Å². The molecular formula is C29H27N5O2. The summed E-state index contributed by atoms with van der Waals surface area (Å²) in [5, 5.41) is 7.88. The van der Waals surface area contributed by atoms with Crippen LogP contribution in [-0.4, -0.2) is 34.8 Å². The van der Waals surface area contributed by atoms with Crippen molar-refractivity contribution < 1.29 is 9.21 Å². The number of carbonyl (C=O) groups excluding carboxylic acids is 1. The Balaban J connectivity index is 1.51. The van der Waals surface area contributed by atoms with E-state index in [4.69, 9.17) is 4.42 Å². The molecule has 0 amide bonds. The van der Waals surface area contributed by atoms with Gasteiger partial charge in [0.25, 0.3) is 5.91 Å². The third kappa shape index (κ3) is 4.90. The van der Waals surface area contributed by atoms with Crippen LogP contribution in [-0.2, 0) is 6.54 Å². The Hall–Kier alpha value is -4.65. The Labute approximate surface area is 210 Å². The van der Waals surface area contributed by atoms with Crippen LogP contribution in [0.25, 0.3) is 11.6 Å². The predicted molar refractivity (Wildman–Crippen MR) is 141 cm³/mol. The molecule has 0 atom stereocenters. The second kappa shape index (κ2) is 10.3. The number of aromatic nitrogens is 3. The van der Waals surface area contributed by atoms with Crippen molar-refractivity contribution in [3.63, 3.8) is 0 Å². The van der Waals surface area contributed by atoms with E-state index in [0.717, 1.165) is 22.4 Å². The van der Waals surface area contributed by atoms with Crippen LogP contribution in [0.1, 0.15) is 27.4 Å². The summed E-state index contributed by atoms with van der Waals surface area (Å²) >= 11 is 0. The van der Waals surface area contributed by atoms with Gasteiger partial charge in [-0.2, -0.15) is 9.67 Å². The average Bonchev–Trinajstić information content (AvgIpc) is 3.59. The normalized spacial score (nSPS) is 11.0. The molecular weight excluding hydrogens is 450 g/mol. The zero-order chi connectivity index (χ0) is 24.9. The first-order chi connectivity index (χ1) is 17.6. The topological polar surface area (TPSA) is 76.2 Å². The van der Waals surface area contributed by atoms with Gasteiger partial charge in [0.1, 0.15) is 0 Å². The van der Waals surface area contributed by atoms with E-state index in [-0.39, 0.29) is 5.91 Å². The first kappa shape index (κ1) is 23.1. The lowest BCUT2D eigenvalue weighted by molar-refractivity contribution is 0.0879.